The van der Waals surface area contributed by atoms with Crippen molar-refractivity contribution in [3.63, 3.8) is 0 Å². The number of ether oxygens (including phenoxy) is 2. The number of carbonyl (C=O) groups is 1. The first-order chi connectivity index (χ1) is 14.2. The Kier molecular flexibility index (Phi) is 6.21. The first kappa shape index (κ1) is 21.1. The highest BCUT2D eigenvalue weighted by Gasteiger charge is 2.16. The standard InChI is InChI=1S/C25H26N2O3/c1-25(2,3)30-23(28)16-29-22-12-7-17(8-13-22)4-5-18-6-9-20-15-21(24(26)27)11-10-19(20)14-18/h4-15H,16H2,1-3H3,(H3,26,27)/b5-4+. The van der Waals surface area contributed by atoms with Gasteiger partial charge in [-0.15, -0.1) is 0 Å². The van der Waals surface area contributed by atoms with Crippen molar-refractivity contribution in [2.45, 2.75) is 26.4 Å². The molecule has 154 valence electrons. The van der Waals surface area contributed by atoms with E-state index in [0.717, 1.165) is 27.5 Å². The molecule has 3 aromatic carbocycles. The monoisotopic (exact) mass is 402 g/mol. The van der Waals surface area contributed by atoms with Crippen molar-refractivity contribution < 1.29 is 14.3 Å². The van der Waals surface area contributed by atoms with Crippen LogP contribution < -0.4 is 10.5 Å². The Labute approximate surface area is 176 Å². The van der Waals surface area contributed by atoms with Gasteiger partial charge in [0.2, 0.25) is 0 Å². The first-order valence-electron chi connectivity index (χ1n) is 9.71. The molecule has 0 unspecified atom stereocenters. The quantitative estimate of drug-likeness (QED) is 0.262. The molecule has 0 bridgehead atoms. The lowest BCUT2D eigenvalue weighted by Gasteiger charge is -2.19. The summed E-state index contributed by atoms with van der Waals surface area (Å²) < 4.78 is 10.7. The van der Waals surface area contributed by atoms with Crippen LogP contribution in [0.1, 0.15) is 37.5 Å². The Morgan fingerprint density at radius 1 is 0.933 bits per heavy atom. The molecule has 5 heteroatoms. The summed E-state index contributed by atoms with van der Waals surface area (Å²) in [5, 5.41) is 9.68. The van der Waals surface area contributed by atoms with Gasteiger partial charge in [0.25, 0.3) is 0 Å². The number of benzene rings is 3. The minimum Gasteiger partial charge on any atom is -0.482 e. The largest absolute Gasteiger partial charge is 0.482 e. The fourth-order valence-corrected chi connectivity index (χ4v) is 2.92. The Bertz CT molecular complexity index is 1090. The number of amidine groups is 1. The van der Waals surface area contributed by atoms with Crippen molar-refractivity contribution >= 4 is 34.7 Å². The lowest BCUT2D eigenvalue weighted by Crippen LogP contribution is -2.27. The van der Waals surface area contributed by atoms with Crippen LogP contribution in [-0.4, -0.2) is 24.0 Å². The van der Waals surface area contributed by atoms with Crippen LogP contribution in [0.25, 0.3) is 22.9 Å². The number of nitrogens with one attached hydrogen (secondary N) is 1. The second kappa shape index (κ2) is 8.82. The molecular weight excluding hydrogens is 376 g/mol. The van der Waals surface area contributed by atoms with E-state index in [1.807, 2.05) is 87.5 Å². The summed E-state index contributed by atoms with van der Waals surface area (Å²) in [5.74, 6) is 0.294. The number of rotatable bonds is 6. The zero-order valence-corrected chi connectivity index (χ0v) is 17.4. The average molecular weight is 402 g/mol. The molecule has 3 aromatic rings. The molecule has 0 heterocycles. The number of hydrogen-bond acceptors (Lipinski definition) is 4. The molecule has 30 heavy (non-hydrogen) atoms. The van der Waals surface area contributed by atoms with E-state index in [1.54, 1.807) is 0 Å². The summed E-state index contributed by atoms with van der Waals surface area (Å²) >= 11 is 0. The van der Waals surface area contributed by atoms with Crippen molar-refractivity contribution in [3.05, 3.63) is 77.4 Å². The number of carbonyl (C=O) groups excluding carboxylic acids is 1. The van der Waals surface area contributed by atoms with Crippen molar-refractivity contribution in [2.75, 3.05) is 6.61 Å². The van der Waals surface area contributed by atoms with E-state index in [1.165, 1.54) is 0 Å². The highest BCUT2D eigenvalue weighted by atomic mass is 16.6. The molecule has 0 spiro atoms. The normalized spacial score (nSPS) is 11.6. The van der Waals surface area contributed by atoms with Gasteiger partial charge in [0.15, 0.2) is 6.61 Å². The topological polar surface area (TPSA) is 85.4 Å². The maximum atomic E-state index is 11.7. The third-order valence-electron chi connectivity index (χ3n) is 4.30. The van der Waals surface area contributed by atoms with Crippen molar-refractivity contribution in [1.82, 2.24) is 0 Å². The predicted molar refractivity (Wildman–Crippen MR) is 122 cm³/mol. The molecule has 0 fully saturated rings. The third kappa shape index (κ3) is 5.95. The molecule has 0 aliphatic heterocycles. The second-order valence-electron chi connectivity index (χ2n) is 8.01. The maximum absolute atomic E-state index is 11.7. The van der Waals surface area contributed by atoms with E-state index in [2.05, 4.69) is 6.07 Å². The third-order valence-corrected chi connectivity index (χ3v) is 4.30. The molecule has 0 atom stereocenters. The number of nitrogen functional groups attached to an aromatic ring is 1. The molecule has 3 rings (SSSR count). The van der Waals surface area contributed by atoms with Crippen LogP contribution in [0.5, 0.6) is 5.75 Å². The summed E-state index contributed by atoms with van der Waals surface area (Å²) in [5.41, 5.74) is 7.85. The van der Waals surface area contributed by atoms with E-state index >= 15 is 0 Å². The van der Waals surface area contributed by atoms with E-state index in [-0.39, 0.29) is 12.4 Å². The fourth-order valence-electron chi connectivity index (χ4n) is 2.92. The van der Waals surface area contributed by atoms with Crippen LogP contribution in [0.2, 0.25) is 0 Å². The average Bonchev–Trinajstić information content (AvgIpc) is 2.69. The van der Waals surface area contributed by atoms with Crippen molar-refractivity contribution in [3.8, 4) is 5.75 Å². The summed E-state index contributed by atoms with van der Waals surface area (Å²) in [6.07, 6.45) is 4.05. The van der Waals surface area contributed by atoms with Gasteiger partial charge in [-0.25, -0.2) is 4.79 Å². The van der Waals surface area contributed by atoms with Gasteiger partial charge in [-0.05, 0) is 66.9 Å². The van der Waals surface area contributed by atoms with Crippen LogP contribution in [0, 0.1) is 5.41 Å². The highest BCUT2D eigenvalue weighted by Crippen LogP contribution is 2.20. The van der Waals surface area contributed by atoms with Gasteiger partial charge in [-0.1, -0.05) is 48.6 Å². The number of fused-ring (bicyclic) bond motifs is 1. The van der Waals surface area contributed by atoms with Crippen LogP contribution in [0.4, 0.5) is 0 Å². The fraction of sp³-hybridized carbons (Fsp3) is 0.200. The van der Waals surface area contributed by atoms with Gasteiger partial charge >= 0.3 is 5.97 Å². The summed E-state index contributed by atoms with van der Waals surface area (Å²) in [6, 6.07) is 19.4. The first-order valence-corrected chi connectivity index (χ1v) is 9.71. The summed E-state index contributed by atoms with van der Waals surface area (Å²) in [6.45, 7) is 5.36. The van der Waals surface area contributed by atoms with Gasteiger partial charge in [0.1, 0.15) is 17.2 Å². The molecule has 0 saturated heterocycles. The molecule has 0 radical (unpaired) electrons. The smallest absolute Gasteiger partial charge is 0.344 e. The van der Waals surface area contributed by atoms with Crippen molar-refractivity contribution in [2.24, 2.45) is 5.73 Å². The van der Waals surface area contributed by atoms with Gasteiger partial charge in [0, 0.05) is 5.56 Å². The number of esters is 1. The van der Waals surface area contributed by atoms with Gasteiger partial charge < -0.3 is 15.2 Å². The molecule has 5 nitrogen and oxygen atoms in total. The summed E-state index contributed by atoms with van der Waals surface area (Å²) in [4.78, 5) is 11.7. The molecule has 0 aromatic heterocycles. The summed E-state index contributed by atoms with van der Waals surface area (Å²) in [7, 11) is 0. The lowest BCUT2D eigenvalue weighted by molar-refractivity contribution is -0.157. The highest BCUT2D eigenvalue weighted by molar-refractivity contribution is 5.99. The van der Waals surface area contributed by atoms with E-state index in [0.29, 0.717) is 5.75 Å². The van der Waals surface area contributed by atoms with E-state index < -0.39 is 11.6 Å². The molecule has 0 amide bonds. The Morgan fingerprint density at radius 3 is 2.20 bits per heavy atom. The molecule has 0 aliphatic carbocycles. The molecule has 3 N–H and O–H groups in total. The van der Waals surface area contributed by atoms with Crippen molar-refractivity contribution in [1.29, 1.82) is 5.41 Å². The minimum absolute atomic E-state index is 0.0689. The number of nitrogens with two attached hydrogens (primary N) is 1. The van der Waals surface area contributed by atoms with Gasteiger partial charge in [-0.3, -0.25) is 5.41 Å². The van der Waals surface area contributed by atoms with E-state index in [9.17, 15) is 4.79 Å². The number of hydrogen-bond donors (Lipinski definition) is 2. The second-order valence-corrected chi connectivity index (χ2v) is 8.01. The Balaban J connectivity index is 1.62. The molecule has 0 saturated carbocycles. The Hall–Kier alpha value is -3.60. The molecule has 0 aliphatic rings. The Morgan fingerprint density at radius 2 is 1.53 bits per heavy atom. The minimum atomic E-state index is -0.520. The van der Waals surface area contributed by atoms with Crippen LogP contribution >= 0.6 is 0 Å². The van der Waals surface area contributed by atoms with Crippen LogP contribution in [-0.2, 0) is 9.53 Å². The van der Waals surface area contributed by atoms with Crippen LogP contribution in [0.3, 0.4) is 0 Å². The zero-order chi connectivity index (χ0) is 21.7. The van der Waals surface area contributed by atoms with Crippen LogP contribution in [0.15, 0.2) is 60.7 Å². The zero-order valence-electron chi connectivity index (χ0n) is 17.4. The SMILES string of the molecule is CC(C)(C)OC(=O)COc1ccc(/C=C/c2ccc3cc(C(=N)N)ccc3c2)cc1. The molecular formula is C25H26N2O3. The van der Waals surface area contributed by atoms with Gasteiger partial charge in [0.05, 0.1) is 0 Å². The lowest BCUT2D eigenvalue weighted by atomic mass is 10.0. The van der Waals surface area contributed by atoms with E-state index in [4.69, 9.17) is 20.6 Å². The van der Waals surface area contributed by atoms with Gasteiger partial charge in [-0.2, -0.15) is 0 Å². The predicted octanol–water partition coefficient (Wildman–Crippen LogP) is 5.01. The maximum Gasteiger partial charge on any atom is 0.344 e.